The van der Waals surface area contributed by atoms with Gasteiger partial charge in [0, 0.05) is 12.1 Å². The zero-order valence-corrected chi connectivity index (χ0v) is 17.1. The lowest BCUT2D eigenvalue weighted by Crippen LogP contribution is -2.37. The molecular weight excluding hydrogens is 424 g/mol. The number of imide groups is 1. The van der Waals surface area contributed by atoms with E-state index in [1.54, 1.807) is 29.3 Å². The Labute approximate surface area is 188 Å². The molecule has 2 amide bonds. The van der Waals surface area contributed by atoms with Gasteiger partial charge in [0.15, 0.2) is 6.10 Å². The van der Waals surface area contributed by atoms with Gasteiger partial charge in [-0.05, 0) is 42.0 Å². The van der Waals surface area contributed by atoms with Crippen molar-refractivity contribution in [1.82, 2.24) is 0 Å². The molecule has 0 aliphatic carbocycles. The molecule has 0 aromatic heterocycles. The number of nitrogens with zero attached hydrogens (tertiary/aromatic N) is 4. The molecule has 3 aromatic carbocycles. The van der Waals surface area contributed by atoms with E-state index in [1.165, 1.54) is 24.3 Å². The zero-order valence-electron chi connectivity index (χ0n) is 17.1. The average molecular weight is 440 g/mol. The average Bonchev–Trinajstić information content (AvgIpc) is 3.35. The smallest absolute Gasteiger partial charge is 0.269 e. The number of benzene rings is 3. The summed E-state index contributed by atoms with van der Waals surface area (Å²) in [5, 5.41) is 21.7. The summed E-state index contributed by atoms with van der Waals surface area (Å²) in [4.78, 5) is 44.2. The summed E-state index contributed by atoms with van der Waals surface area (Å²) in [6.07, 6.45) is -1.05. The molecule has 3 atom stereocenters. The van der Waals surface area contributed by atoms with Gasteiger partial charge in [0.1, 0.15) is 5.92 Å². The fourth-order valence-corrected chi connectivity index (χ4v) is 4.28. The van der Waals surface area contributed by atoms with Gasteiger partial charge in [-0.2, -0.15) is 5.26 Å². The number of rotatable bonds is 4. The van der Waals surface area contributed by atoms with Crippen LogP contribution in [-0.4, -0.2) is 22.8 Å². The highest BCUT2D eigenvalue weighted by Crippen LogP contribution is 2.47. The van der Waals surface area contributed by atoms with E-state index < -0.39 is 34.8 Å². The molecule has 5 rings (SSSR count). The van der Waals surface area contributed by atoms with Gasteiger partial charge < -0.3 is 0 Å². The highest BCUT2D eigenvalue weighted by atomic mass is 16.7. The number of amides is 2. The summed E-state index contributed by atoms with van der Waals surface area (Å²) in [6, 6.07) is 22.7. The quantitative estimate of drug-likeness (QED) is 0.346. The number of hydroxylamine groups is 1. The van der Waals surface area contributed by atoms with E-state index >= 15 is 0 Å². The van der Waals surface area contributed by atoms with Crippen LogP contribution < -0.4 is 9.96 Å². The van der Waals surface area contributed by atoms with Gasteiger partial charge >= 0.3 is 0 Å². The van der Waals surface area contributed by atoms with Gasteiger partial charge in [0.05, 0.1) is 34.0 Å². The van der Waals surface area contributed by atoms with Gasteiger partial charge in [-0.25, -0.2) is 9.96 Å². The van der Waals surface area contributed by atoms with Crippen molar-refractivity contribution in [2.75, 3.05) is 9.96 Å². The van der Waals surface area contributed by atoms with Crippen molar-refractivity contribution in [3.63, 3.8) is 0 Å². The molecule has 2 aliphatic heterocycles. The Hall–Kier alpha value is -4.55. The Morgan fingerprint density at radius 1 is 0.879 bits per heavy atom. The van der Waals surface area contributed by atoms with Gasteiger partial charge in [-0.1, -0.05) is 30.3 Å². The van der Waals surface area contributed by atoms with Crippen LogP contribution in [0, 0.1) is 27.4 Å². The summed E-state index contributed by atoms with van der Waals surface area (Å²) in [5.41, 5.74) is 1.99. The second kappa shape index (κ2) is 7.85. The van der Waals surface area contributed by atoms with Crippen LogP contribution in [0.4, 0.5) is 17.1 Å². The number of para-hydroxylation sites is 1. The SMILES string of the molecule is N#Cc1ccc([C@@H]2[C@@H]3C(=O)N(c4ccc([N+](=O)[O-])cc4)C(=O)[C@@H]3ON2c2ccccc2)cc1. The number of nitro groups is 1. The predicted molar refractivity (Wildman–Crippen MR) is 117 cm³/mol. The molecule has 0 radical (unpaired) electrons. The van der Waals surface area contributed by atoms with Crippen molar-refractivity contribution in [2.45, 2.75) is 12.1 Å². The summed E-state index contributed by atoms with van der Waals surface area (Å²) >= 11 is 0. The molecule has 9 heteroatoms. The second-order valence-electron chi connectivity index (χ2n) is 7.68. The molecule has 0 N–H and O–H groups in total. The van der Waals surface area contributed by atoms with Crippen molar-refractivity contribution in [2.24, 2.45) is 5.92 Å². The summed E-state index contributed by atoms with van der Waals surface area (Å²) in [6.45, 7) is 0. The van der Waals surface area contributed by atoms with Gasteiger partial charge in [0.25, 0.3) is 11.6 Å². The Balaban J connectivity index is 1.55. The third-order valence-corrected chi connectivity index (χ3v) is 5.83. The molecule has 2 saturated heterocycles. The highest BCUT2D eigenvalue weighted by Gasteiger charge is 2.60. The standard InChI is InChI=1S/C24H16N4O5/c25-14-15-6-8-16(9-7-15)21-20-22(33-27(21)18-4-2-1-3-5-18)24(30)26(23(20)29)17-10-12-19(13-11-17)28(31)32/h1-13,20-22H/t20-,21+,22+/m0/s1. The number of fused-ring (bicyclic) bond motifs is 1. The first-order chi connectivity index (χ1) is 16.0. The fraction of sp³-hybridized carbons (Fsp3) is 0.125. The Morgan fingerprint density at radius 2 is 1.55 bits per heavy atom. The number of carbonyl (C=O) groups is 2. The van der Waals surface area contributed by atoms with Crippen molar-refractivity contribution in [1.29, 1.82) is 5.26 Å². The molecule has 0 unspecified atom stereocenters. The molecule has 0 spiro atoms. The van der Waals surface area contributed by atoms with Gasteiger partial charge in [0.2, 0.25) is 5.91 Å². The zero-order chi connectivity index (χ0) is 23.1. The molecule has 2 fully saturated rings. The molecule has 2 aliphatic rings. The molecule has 0 bridgehead atoms. The minimum atomic E-state index is -1.05. The van der Waals surface area contributed by atoms with Crippen LogP contribution in [0.2, 0.25) is 0 Å². The largest absolute Gasteiger partial charge is 0.273 e. The number of anilines is 2. The number of carbonyl (C=O) groups excluding carboxylic acids is 2. The first-order valence-electron chi connectivity index (χ1n) is 10.1. The maximum Gasteiger partial charge on any atom is 0.269 e. The molecule has 2 heterocycles. The summed E-state index contributed by atoms with van der Waals surface area (Å²) in [7, 11) is 0. The third kappa shape index (κ3) is 3.30. The topological polar surface area (TPSA) is 117 Å². The van der Waals surface area contributed by atoms with Crippen LogP contribution in [-0.2, 0) is 14.4 Å². The van der Waals surface area contributed by atoms with Crippen LogP contribution in [0.3, 0.4) is 0 Å². The number of non-ortho nitro benzene ring substituents is 1. The van der Waals surface area contributed by atoms with E-state index in [0.717, 1.165) is 10.5 Å². The summed E-state index contributed by atoms with van der Waals surface area (Å²) < 4.78 is 0. The molecule has 0 saturated carbocycles. The third-order valence-electron chi connectivity index (χ3n) is 5.83. The maximum atomic E-state index is 13.5. The Kier molecular flexibility index (Phi) is 4.84. The number of hydrogen-bond donors (Lipinski definition) is 0. The second-order valence-corrected chi connectivity index (χ2v) is 7.68. The van der Waals surface area contributed by atoms with Gasteiger partial charge in [-0.15, -0.1) is 0 Å². The summed E-state index contributed by atoms with van der Waals surface area (Å²) in [5.74, 6) is -1.82. The van der Waals surface area contributed by atoms with E-state index in [9.17, 15) is 19.7 Å². The maximum absolute atomic E-state index is 13.5. The number of hydrogen-bond acceptors (Lipinski definition) is 7. The van der Waals surface area contributed by atoms with Crippen LogP contribution in [0.1, 0.15) is 17.2 Å². The minimum Gasteiger partial charge on any atom is -0.273 e. The Bertz CT molecular complexity index is 1290. The van der Waals surface area contributed by atoms with Crippen molar-refractivity contribution < 1.29 is 19.3 Å². The van der Waals surface area contributed by atoms with E-state index in [-0.39, 0.29) is 11.4 Å². The normalized spacial score (nSPS) is 21.7. The first-order valence-corrected chi connectivity index (χ1v) is 10.1. The lowest BCUT2D eigenvalue weighted by Gasteiger charge is -2.28. The highest BCUT2D eigenvalue weighted by molar-refractivity contribution is 6.23. The van der Waals surface area contributed by atoms with E-state index in [4.69, 9.17) is 10.1 Å². The molecule has 3 aromatic rings. The van der Waals surface area contributed by atoms with Crippen molar-refractivity contribution in [3.8, 4) is 6.07 Å². The molecular formula is C24H16N4O5. The minimum absolute atomic E-state index is 0.139. The van der Waals surface area contributed by atoms with Gasteiger partial charge in [-0.3, -0.25) is 24.5 Å². The van der Waals surface area contributed by atoms with E-state index in [2.05, 4.69) is 6.07 Å². The molecule has 9 nitrogen and oxygen atoms in total. The number of nitro benzene ring substituents is 1. The fourth-order valence-electron chi connectivity index (χ4n) is 4.28. The van der Waals surface area contributed by atoms with E-state index in [1.807, 2.05) is 30.3 Å². The first kappa shape index (κ1) is 20.4. The lowest BCUT2D eigenvalue weighted by atomic mass is 9.90. The molecule has 33 heavy (non-hydrogen) atoms. The van der Waals surface area contributed by atoms with Crippen LogP contribution in [0.25, 0.3) is 0 Å². The number of nitriles is 1. The van der Waals surface area contributed by atoms with Crippen molar-refractivity contribution >= 4 is 28.9 Å². The predicted octanol–water partition coefficient (Wildman–Crippen LogP) is 3.52. The van der Waals surface area contributed by atoms with Crippen LogP contribution >= 0.6 is 0 Å². The molecule has 162 valence electrons. The van der Waals surface area contributed by atoms with Crippen LogP contribution in [0.15, 0.2) is 78.9 Å². The van der Waals surface area contributed by atoms with Crippen molar-refractivity contribution in [3.05, 3.63) is 100 Å². The van der Waals surface area contributed by atoms with Crippen LogP contribution in [0.5, 0.6) is 0 Å². The lowest BCUT2D eigenvalue weighted by molar-refractivity contribution is -0.384. The Morgan fingerprint density at radius 3 is 2.15 bits per heavy atom. The monoisotopic (exact) mass is 440 g/mol. The van der Waals surface area contributed by atoms with E-state index in [0.29, 0.717) is 11.3 Å².